The third-order valence-corrected chi connectivity index (χ3v) is 6.72. The summed E-state index contributed by atoms with van der Waals surface area (Å²) in [7, 11) is 0. The van der Waals surface area contributed by atoms with Crippen LogP contribution in [0.15, 0.2) is 15.2 Å². The zero-order chi connectivity index (χ0) is 13.2. The molecular formula is C16H24BrNS. The van der Waals surface area contributed by atoms with Crippen LogP contribution in [-0.2, 0) is 0 Å². The number of halogens is 1. The van der Waals surface area contributed by atoms with Crippen LogP contribution in [0.2, 0.25) is 0 Å². The predicted molar refractivity (Wildman–Crippen MR) is 86.9 cm³/mol. The molecule has 0 radical (unpaired) electrons. The van der Waals surface area contributed by atoms with E-state index in [2.05, 4.69) is 38.9 Å². The first kappa shape index (κ1) is 14.1. The Morgan fingerprint density at radius 1 is 1.26 bits per heavy atom. The van der Waals surface area contributed by atoms with Crippen molar-refractivity contribution in [2.45, 2.75) is 57.4 Å². The van der Waals surface area contributed by atoms with Crippen LogP contribution in [0.4, 0.5) is 0 Å². The van der Waals surface area contributed by atoms with Crippen LogP contribution in [0.3, 0.4) is 0 Å². The standard InChI is InChI=1S/C16H24BrNS/c1-2-11-3-4-12(8-18-13-5-6-13)14(7-11)15-9-19-10-16(15)17/h9-14,18H,2-8H2,1H3. The Bertz CT molecular complexity index is 413. The normalized spacial score (nSPS) is 31.6. The van der Waals surface area contributed by atoms with Gasteiger partial charge in [-0.25, -0.2) is 0 Å². The molecule has 0 spiro atoms. The maximum absolute atomic E-state index is 3.76. The molecule has 1 nitrogen and oxygen atoms in total. The van der Waals surface area contributed by atoms with Gasteiger partial charge in [0.05, 0.1) is 0 Å². The Labute approximate surface area is 129 Å². The molecule has 3 rings (SSSR count). The van der Waals surface area contributed by atoms with Gasteiger partial charge < -0.3 is 5.32 Å². The number of rotatable bonds is 5. The molecule has 1 heterocycles. The Morgan fingerprint density at radius 3 is 2.74 bits per heavy atom. The third-order valence-electron chi connectivity index (χ3n) is 4.97. The van der Waals surface area contributed by atoms with Gasteiger partial charge in [0.25, 0.3) is 0 Å². The Hall–Kier alpha value is 0.140. The van der Waals surface area contributed by atoms with E-state index in [4.69, 9.17) is 0 Å². The second-order valence-corrected chi connectivity index (χ2v) is 7.91. The van der Waals surface area contributed by atoms with Crippen LogP contribution in [0, 0.1) is 11.8 Å². The topological polar surface area (TPSA) is 12.0 Å². The molecule has 0 aliphatic heterocycles. The Kier molecular flexibility index (Phi) is 4.66. The molecule has 1 aromatic heterocycles. The number of nitrogens with one attached hydrogen (secondary N) is 1. The first-order chi connectivity index (χ1) is 9.28. The lowest BCUT2D eigenvalue weighted by atomic mass is 9.71. The maximum atomic E-state index is 3.76. The van der Waals surface area contributed by atoms with Crippen molar-refractivity contribution in [3.05, 3.63) is 20.8 Å². The second-order valence-electron chi connectivity index (χ2n) is 6.31. The van der Waals surface area contributed by atoms with E-state index in [1.807, 2.05) is 11.3 Å². The molecule has 2 aliphatic rings. The van der Waals surface area contributed by atoms with Gasteiger partial charge in [-0.3, -0.25) is 0 Å². The Balaban J connectivity index is 1.70. The van der Waals surface area contributed by atoms with Crippen LogP contribution >= 0.6 is 27.3 Å². The summed E-state index contributed by atoms with van der Waals surface area (Å²) >= 11 is 5.59. The molecule has 0 aromatic carbocycles. The van der Waals surface area contributed by atoms with Gasteiger partial charge in [-0.05, 0) is 76.9 Å². The van der Waals surface area contributed by atoms with Crippen LogP contribution in [0.1, 0.15) is 56.9 Å². The van der Waals surface area contributed by atoms with E-state index in [0.717, 1.165) is 23.8 Å². The monoisotopic (exact) mass is 341 g/mol. The summed E-state index contributed by atoms with van der Waals surface area (Å²) in [4.78, 5) is 0. The highest BCUT2D eigenvalue weighted by Crippen LogP contribution is 2.44. The van der Waals surface area contributed by atoms with Crippen molar-refractivity contribution in [1.82, 2.24) is 5.32 Å². The van der Waals surface area contributed by atoms with Gasteiger partial charge in [-0.15, -0.1) is 0 Å². The SMILES string of the molecule is CCC1CCC(CNC2CC2)C(c2cscc2Br)C1. The van der Waals surface area contributed by atoms with Crippen molar-refractivity contribution in [1.29, 1.82) is 0 Å². The van der Waals surface area contributed by atoms with E-state index in [0.29, 0.717) is 0 Å². The molecule has 2 aliphatic carbocycles. The van der Waals surface area contributed by atoms with E-state index in [1.54, 1.807) is 5.56 Å². The fourth-order valence-corrected chi connectivity index (χ4v) is 5.13. The zero-order valence-corrected chi connectivity index (χ0v) is 14.1. The van der Waals surface area contributed by atoms with Gasteiger partial charge in [0.15, 0.2) is 0 Å². The summed E-state index contributed by atoms with van der Waals surface area (Å²) in [5.41, 5.74) is 1.57. The van der Waals surface area contributed by atoms with Crippen LogP contribution in [-0.4, -0.2) is 12.6 Å². The van der Waals surface area contributed by atoms with Crippen LogP contribution in [0.25, 0.3) is 0 Å². The summed E-state index contributed by atoms with van der Waals surface area (Å²) in [6.45, 7) is 3.58. The van der Waals surface area contributed by atoms with Crippen molar-refractivity contribution in [3.8, 4) is 0 Å². The molecule has 3 atom stereocenters. The molecule has 19 heavy (non-hydrogen) atoms. The van der Waals surface area contributed by atoms with Gasteiger partial charge in [0.1, 0.15) is 0 Å². The average Bonchev–Trinajstić information content (AvgIpc) is 3.17. The minimum absolute atomic E-state index is 0.769. The Morgan fingerprint density at radius 2 is 2.11 bits per heavy atom. The zero-order valence-electron chi connectivity index (χ0n) is 11.7. The lowest BCUT2D eigenvalue weighted by Gasteiger charge is -2.36. The molecule has 1 aromatic rings. The molecule has 0 amide bonds. The van der Waals surface area contributed by atoms with Crippen molar-refractivity contribution < 1.29 is 0 Å². The summed E-state index contributed by atoms with van der Waals surface area (Å²) < 4.78 is 1.34. The lowest BCUT2D eigenvalue weighted by Crippen LogP contribution is -2.33. The number of hydrogen-bond donors (Lipinski definition) is 1. The highest BCUT2D eigenvalue weighted by Gasteiger charge is 2.33. The van der Waals surface area contributed by atoms with E-state index in [-0.39, 0.29) is 0 Å². The largest absolute Gasteiger partial charge is 0.314 e. The highest BCUT2D eigenvalue weighted by atomic mass is 79.9. The molecular weight excluding hydrogens is 318 g/mol. The average molecular weight is 342 g/mol. The minimum Gasteiger partial charge on any atom is -0.314 e. The molecule has 3 unspecified atom stereocenters. The maximum Gasteiger partial charge on any atom is 0.0317 e. The molecule has 0 bridgehead atoms. The van der Waals surface area contributed by atoms with Gasteiger partial charge in [-0.1, -0.05) is 19.8 Å². The van der Waals surface area contributed by atoms with Crippen molar-refractivity contribution >= 4 is 27.3 Å². The fourth-order valence-electron chi connectivity index (χ4n) is 3.48. The van der Waals surface area contributed by atoms with E-state index >= 15 is 0 Å². The van der Waals surface area contributed by atoms with E-state index in [1.165, 1.54) is 49.5 Å². The van der Waals surface area contributed by atoms with Crippen LogP contribution < -0.4 is 5.32 Å². The highest BCUT2D eigenvalue weighted by molar-refractivity contribution is 9.10. The van der Waals surface area contributed by atoms with Gasteiger partial charge in [-0.2, -0.15) is 11.3 Å². The molecule has 3 heteroatoms. The van der Waals surface area contributed by atoms with Crippen molar-refractivity contribution in [3.63, 3.8) is 0 Å². The summed E-state index contributed by atoms with van der Waals surface area (Å²) in [5.74, 6) is 2.55. The summed E-state index contributed by atoms with van der Waals surface area (Å²) in [5, 5.41) is 8.38. The van der Waals surface area contributed by atoms with E-state index < -0.39 is 0 Å². The van der Waals surface area contributed by atoms with E-state index in [9.17, 15) is 0 Å². The van der Waals surface area contributed by atoms with Crippen LogP contribution in [0.5, 0.6) is 0 Å². The van der Waals surface area contributed by atoms with Gasteiger partial charge >= 0.3 is 0 Å². The molecule has 2 fully saturated rings. The van der Waals surface area contributed by atoms with Crippen molar-refractivity contribution in [2.24, 2.45) is 11.8 Å². The molecule has 0 saturated heterocycles. The first-order valence-corrected chi connectivity index (χ1v) is 9.46. The summed E-state index contributed by atoms with van der Waals surface area (Å²) in [6.07, 6.45) is 8.38. The van der Waals surface area contributed by atoms with Gasteiger partial charge in [0.2, 0.25) is 0 Å². The quantitative estimate of drug-likeness (QED) is 0.778. The first-order valence-electron chi connectivity index (χ1n) is 7.73. The minimum atomic E-state index is 0.769. The fraction of sp³-hybridized carbons (Fsp3) is 0.750. The van der Waals surface area contributed by atoms with Gasteiger partial charge in [0, 0.05) is 15.9 Å². The molecule has 1 N–H and O–H groups in total. The second kappa shape index (κ2) is 6.28. The molecule has 2 saturated carbocycles. The lowest BCUT2D eigenvalue weighted by molar-refractivity contribution is 0.225. The summed E-state index contributed by atoms with van der Waals surface area (Å²) in [6, 6.07) is 0.843. The smallest absolute Gasteiger partial charge is 0.0317 e. The number of hydrogen-bond acceptors (Lipinski definition) is 2. The molecule has 106 valence electrons. The number of thiophene rings is 1. The third kappa shape index (κ3) is 3.43. The van der Waals surface area contributed by atoms with Crippen molar-refractivity contribution in [2.75, 3.05) is 6.54 Å². The predicted octanol–water partition coefficient (Wildman–Crippen LogP) is 5.17.